The molecule has 0 heterocycles. The molecule has 17 heavy (non-hydrogen) atoms. The molecule has 1 aromatic carbocycles. The lowest BCUT2D eigenvalue weighted by molar-refractivity contribution is -0.385. The Kier molecular flexibility index (Phi) is 4.83. The second-order valence-corrected chi connectivity index (χ2v) is 5.19. The van der Waals surface area contributed by atoms with Crippen molar-refractivity contribution < 1.29 is 9.72 Å². The van der Waals surface area contributed by atoms with E-state index in [1.54, 1.807) is 0 Å². The van der Waals surface area contributed by atoms with E-state index < -0.39 is 10.8 Å². The Hall–Kier alpha value is -1.21. The lowest BCUT2D eigenvalue weighted by Crippen LogP contribution is -2.24. The predicted octanol–water partition coefficient (Wildman–Crippen LogP) is 3.00. The van der Waals surface area contributed by atoms with Crippen LogP contribution in [-0.4, -0.2) is 17.4 Å². The average Bonchev–Trinajstić information content (AvgIpc) is 2.24. The molecule has 0 radical (unpaired) electrons. The minimum absolute atomic E-state index is 0.137. The van der Waals surface area contributed by atoms with Gasteiger partial charge in [0.2, 0.25) is 0 Å². The van der Waals surface area contributed by atoms with Crippen molar-refractivity contribution in [3.8, 4) is 0 Å². The molecular weight excluding hydrogens is 356 g/mol. The number of carbonyl (C=O) groups is 1. The zero-order valence-electron chi connectivity index (χ0n) is 8.57. The lowest BCUT2D eigenvalue weighted by atomic mass is 10.2. The molecule has 1 N–H and O–H groups in total. The average molecular weight is 364 g/mol. The van der Waals surface area contributed by atoms with Crippen LogP contribution in [0.3, 0.4) is 0 Å². The molecule has 0 bridgehead atoms. The van der Waals surface area contributed by atoms with E-state index in [0.29, 0.717) is 8.96 Å². The number of nitro groups is 1. The van der Waals surface area contributed by atoms with Crippen molar-refractivity contribution in [1.29, 1.82) is 0 Å². The maximum absolute atomic E-state index is 11.7. The van der Waals surface area contributed by atoms with Gasteiger partial charge in [0.15, 0.2) is 0 Å². The highest BCUT2D eigenvalue weighted by Gasteiger charge is 2.13. The van der Waals surface area contributed by atoms with E-state index >= 15 is 0 Å². The summed E-state index contributed by atoms with van der Waals surface area (Å²) in [6.07, 6.45) is 0. The molecule has 0 aromatic heterocycles. The number of nitrogens with zero attached hydrogens (tertiary/aromatic N) is 1. The van der Waals surface area contributed by atoms with Crippen LogP contribution in [0.25, 0.3) is 0 Å². The Balaban J connectivity index is 2.93. The van der Waals surface area contributed by atoms with Crippen molar-refractivity contribution >= 4 is 43.5 Å². The lowest BCUT2D eigenvalue weighted by Gasteiger charge is -2.04. The summed E-state index contributed by atoms with van der Waals surface area (Å²) < 4.78 is 1.10. The van der Waals surface area contributed by atoms with Gasteiger partial charge in [-0.1, -0.05) is 38.4 Å². The van der Waals surface area contributed by atoms with Gasteiger partial charge in [-0.25, -0.2) is 0 Å². The molecule has 0 aliphatic carbocycles. The molecule has 1 aromatic rings. The highest BCUT2D eigenvalue weighted by molar-refractivity contribution is 9.11. The van der Waals surface area contributed by atoms with Crippen LogP contribution < -0.4 is 5.32 Å². The number of halogens is 2. The first kappa shape index (κ1) is 13.9. The SMILES string of the molecule is C=C(Br)CNC(=O)c1cc(Br)cc([N+](=O)[O-])c1. The summed E-state index contributed by atoms with van der Waals surface area (Å²) in [5.74, 6) is -0.394. The molecule has 0 aliphatic rings. The van der Waals surface area contributed by atoms with Gasteiger partial charge in [-0.05, 0) is 6.07 Å². The minimum Gasteiger partial charge on any atom is -0.347 e. The van der Waals surface area contributed by atoms with Crippen LogP contribution in [0.2, 0.25) is 0 Å². The maximum atomic E-state index is 11.7. The zero-order valence-corrected chi connectivity index (χ0v) is 11.7. The standard InChI is InChI=1S/C10H8Br2N2O3/c1-6(11)5-13-10(15)7-2-8(12)4-9(3-7)14(16)17/h2-4H,1,5H2,(H,13,15). The van der Waals surface area contributed by atoms with Crippen LogP contribution in [-0.2, 0) is 0 Å². The van der Waals surface area contributed by atoms with Crippen molar-refractivity contribution in [3.63, 3.8) is 0 Å². The van der Waals surface area contributed by atoms with Crippen LogP contribution in [0, 0.1) is 10.1 Å². The molecule has 90 valence electrons. The monoisotopic (exact) mass is 362 g/mol. The van der Waals surface area contributed by atoms with E-state index in [2.05, 4.69) is 43.8 Å². The summed E-state index contributed by atoms with van der Waals surface area (Å²) in [6.45, 7) is 3.83. The van der Waals surface area contributed by atoms with E-state index in [0.717, 1.165) is 0 Å². The van der Waals surface area contributed by atoms with Crippen LogP contribution in [0.15, 0.2) is 33.7 Å². The Morgan fingerprint density at radius 1 is 1.47 bits per heavy atom. The summed E-state index contributed by atoms with van der Waals surface area (Å²) in [7, 11) is 0. The molecule has 1 amide bonds. The van der Waals surface area contributed by atoms with Gasteiger partial charge in [-0.3, -0.25) is 14.9 Å². The van der Waals surface area contributed by atoms with E-state index in [-0.39, 0.29) is 17.8 Å². The third kappa shape index (κ3) is 4.27. The third-order valence-corrected chi connectivity index (χ3v) is 2.53. The molecule has 0 unspecified atom stereocenters. The second-order valence-electron chi connectivity index (χ2n) is 3.16. The van der Waals surface area contributed by atoms with Crippen molar-refractivity contribution in [1.82, 2.24) is 5.32 Å². The van der Waals surface area contributed by atoms with E-state index in [9.17, 15) is 14.9 Å². The second kappa shape index (κ2) is 5.92. The molecular formula is C10H8Br2N2O3. The molecule has 0 aliphatic heterocycles. The van der Waals surface area contributed by atoms with Gasteiger partial charge in [-0.15, -0.1) is 0 Å². The largest absolute Gasteiger partial charge is 0.347 e. The summed E-state index contributed by atoms with van der Waals surface area (Å²) in [5.41, 5.74) is 0.0852. The van der Waals surface area contributed by atoms with Gasteiger partial charge in [0.25, 0.3) is 11.6 Å². The topological polar surface area (TPSA) is 72.2 Å². The van der Waals surface area contributed by atoms with Crippen molar-refractivity contribution in [2.24, 2.45) is 0 Å². The molecule has 0 saturated carbocycles. The quantitative estimate of drug-likeness (QED) is 0.660. The first-order valence-electron chi connectivity index (χ1n) is 4.46. The number of carbonyl (C=O) groups excluding carboxylic acids is 1. The number of benzene rings is 1. The molecule has 0 atom stereocenters. The first-order chi connectivity index (χ1) is 7.90. The Labute approximate surface area is 114 Å². The van der Waals surface area contributed by atoms with Crippen molar-refractivity contribution in [2.45, 2.75) is 0 Å². The van der Waals surface area contributed by atoms with Crippen LogP contribution in [0.4, 0.5) is 5.69 Å². The van der Waals surface area contributed by atoms with Crippen LogP contribution >= 0.6 is 31.9 Å². The van der Waals surface area contributed by atoms with Gasteiger partial charge in [0.1, 0.15) is 0 Å². The van der Waals surface area contributed by atoms with Gasteiger partial charge in [0, 0.05) is 33.2 Å². The Morgan fingerprint density at radius 2 is 2.12 bits per heavy atom. The summed E-state index contributed by atoms with van der Waals surface area (Å²) in [5, 5.41) is 13.2. The van der Waals surface area contributed by atoms with E-state index in [4.69, 9.17) is 0 Å². The molecule has 7 heteroatoms. The summed E-state index contributed by atoms with van der Waals surface area (Å²) in [4.78, 5) is 21.7. The van der Waals surface area contributed by atoms with Crippen LogP contribution in [0.1, 0.15) is 10.4 Å². The number of rotatable bonds is 4. The molecule has 0 spiro atoms. The Morgan fingerprint density at radius 3 is 2.65 bits per heavy atom. The predicted molar refractivity (Wildman–Crippen MR) is 71.2 cm³/mol. The normalized spacial score (nSPS) is 9.76. The molecule has 5 nitrogen and oxygen atoms in total. The number of amides is 1. The molecule has 0 saturated heterocycles. The highest BCUT2D eigenvalue weighted by atomic mass is 79.9. The molecule has 0 fully saturated rings. The van der Waals surface area contributed by atoms with Gasteiger partial charge >= 0.3 is 0 Å². The number of non-ortho nitro benzene ring substituents is 1. The number of hydrogen-bond acceptors (Lipinski definition) is 3. The summed E-state index contributed by atoms with van der Waals surface area (Å²) in [6, 6.07) is 4.07. The molecule has 1 rings (SSSR count). The first-order valence-corrected chi connectivity index (χ1v) is 6.05. The summed E-state index contributed by atoms with van der Waals surface area (Å²) >= 11 is 6.22. The van der Waals surface area contributed by atoms with Gasteiger partial charge < -0.3 is 5.32 Å². The van der Waals surface area contributed by atoms with Gasteiger partial charge in [0.05, 0.1) is 4.92 Å². The minimum atomic E-state index is -0.551. The third-order valence-electron chi connectivity index (χ3n) is 1.80. The Bertz CT molecular complexity index is 488. The fourth-order valence-corrected chi connectivity index (χ4v) is 1.71. The van der Waals surface area contributed by atoms with Gasteiger partial charge in [-0.2, -0.15) is 0 Å². The number of nitro benzene ring substituents is 1. The number of hydrogen-bond donors (Lipinski definition) is 1. The maximum Gasteiger partial charge on any atom is 0.271 e. The fraction of sp³-hybridized carbons (Fsp3) is 0.100. The van der Waals surface area contributed by atoms with Crippen molar-refractivity contribution in [2.75, 3.05) is 6.54 Å². The highest BCUT2D eigenvalue weighted by Crippen LogP contribution is 2.21. The van der Waals surface area contributed by atoms with Crippen molar-refractivity contribution in [3.05, 3.63) is 49.4 Å². The smallest absolute Gasteiger partial charge is 0.271 e. The number of nitrogens with one attached hydrogen (secondary N) is 1. The van der Waals surface area contributed by atoms with E-state index in [1.807, 2.05) is 0 Å². The fourth-order valence-electron chi connectivity index (χ4n) is 1.09. The van der Waals surface area contributed by atoms with E-state index in [1.165, 1.54) is 18.2 Å². The zero-order chi connectivity index (χ0) is 13.0. The van der Waals surface area contributed by atoms with Crippen LogP contribution in [0.5, 0.6) is 0 Å².